The summed E-state index contributed by atoms with van der Waals surface area (Å²) in [4.78, 5) is 16.5. The van der Waals surface area contributed by atoms with Crippen LogP contribution < -0.4 is 15.4 Å². The average Bonchev–Trinajstić information content (AvgIpc) is 2.67. The van der Waals surface area contributed by atoms with E-state index in [-0.39, 0.29) is 16.6 Å². The summed E-state index contributed by atoms with van der Waals surface area (Å²) < 4.78 is 35.5. The number of rotatable bonds is 6. The number of anilines is 1. The third kappa shape index (κ3) is 5.51. The summed E-state index contributed by atoms with van der Waals surface area (Å²) in [7, 11) is -3.71. The molecule has 1 amide bonds. The van der Waals surface area contributed by atoms with Gasteiger partial charge in [0.25, 0.3) is 0 Å². The largest absolute Gasteiger partial charge is 0.369 e. The summed E-state index contributed by atoms with van der Waals surface area (Å²) in [5.41, 5.74) is 1.77. The Kier molecular flexibility index (Phi) is 6.28. The quantitative estimate of drug-likeness (QED) is 0.744. The molecule has 0 spiro atoms. The van der Waals surface area contributed by atoms with Crippen molar-refractivity contribution in [3.8, 4) is 0 Å². The molecular formula is C19H23FN4O3S. The van der Waals surface area contributed by atoms with Crippen LogP contribution >= 0.6 is 0 Å². The number of nitrogens with two attached hydrogens (primary N) is 1. The molecule has 0 unspecified atom stereocenters. The van der Waals surface area contributed by atoms with Crippen LogP contribution in [0.4, 0.5) is 10.1 Å². The molecule has 1 heterocycles. The number of carbonyl (C=O) groups is 1. The fourth-order valence-electron chi connectivity index (χ4n) is 3.07. The lowest BCUT2D eigenvalue weighted by Gasteiger charge is -2.35. The van der Waals surface area contributed by atoms with Crippen molar-refractivity contribution in [3.05, 3.63) is 59.9 Å². The van der Waals surface area contributed by atoms with Crippen LogP contribution in [-0.4, -0.2) is 51.9 Å². The molecule has 0 aliphatic carbocycles. The number of carbonyl (C=O) groups excluding carboxylic acids is 1. The normalized spacial score (nSPS) is 15.4. The Hall–Kier alpha value is -2.49. The maximum Gasteiger partial charge on any atom is 0.238 e. The van der Waals surface area contributed by atoms with E-state index in [0.29, 0.717) is 13.1 Å². The van der Waals surface area contributed by atoms with E-state index in [4.69, 9.17) is 5.14 Å². The van der Waals surface area contributed by atoms with Gasteiger partial charge in [-0.15, -0.1) is 0 Å². The number of nitrogens with one attached hydrogen (secondary N) is 1. The van der Waals surface area contributed by atoms with Gasteiger partial charge in [-0.2, -0.15) is 0 Å². The van der Waals surface area contributed by atoms with Crippen molar-refractivity contribution >= 4 is 21.6 Å². The topological polar surface area (TPSA) is 95.7 Å². The van der Waals surface area contributed by atoms with E-state index in [2.05, 4.69) is 15.1 Å². The number of primary sulfonamides is 1. The number of amides is 1. The van der Waals surface area contributed by atoms with Crippen LogP contribution in [0.5, 0.6) is 0 Å². The number of hydrogen-bond acceptors (Lipinski definition) is 5. The van der Waals surface area contributed by atoms with Crippen molar-refractivity contribution in [2.45, 2.75) is 11.4 Å². The van der Waals surface area contributed by atoms with Gasteiger partial charge in [0.1, 0.15) is 5.82 Å². The predicted molar refractivity (Wildman–Crippen MR) is 105 cm³/mol. The summed E-state index contributed by atoms with van der Waals surface area (Å²) in [6, 6.07) is 12.5. The van der Waals surface area contributed by atoms with Crippen molar-refractivity contribution in [1.82, 2.24) is 10.2 Å². The van der Waals surface area contributed by atoms with Crippen molar-refractivity contribution in [2.24, 2.45) is 5.14 Å². The third-order valence-electron chi connectivity index (χ3n) is 4.67. The van der Waals surface area contributed by atoms with Gasteiger partial charge >= 0.3 is 0 Å². The van der Waals surface area contributed by atoms with Crippen LogP contribution in [0.1, 0.15) is 5.56 Å². The Morgan fingerprint density at radius 3 is 2.18 bits per heavy atom. The zero-order valence-corrected chi connectivity index (χ0v) is 16.2. The molecule has 0 radical (unpaired) electrons. The van der Waals surface area contributed by atoms with Gasteiger partial charge < -0.3 is 10.2 Å². The molecule has 1 aliphatic heterocycles. The van der Waals surface area contributed by atoms with E-state index in [0.717, 1.165) is 37.4 Å². The van der Waals surface area contributed by atoms with Gasteiger partial charge in [0.2, 0.25) is 15.9 Å². The molecule has 7 nitrogen and oxygen atoms in total. The Morgan fingerprint density at radius 1 is 1.00 bits per heavy atom. The van der Waals surface area contributed by atoms with Crippen LogP contribution in [0.15, 0.2) is 53.4 Å². The first-order valence-corrected chi connectivity index (χ1v) is 10.5. The number of nitrogens with zero attached hydrogens (tertiary/aromatic N) is 2. The number of benzene rings is 2. The van der Waals surface area contributed by atoms with Crippen molar-refractivity contribution < 1.29 is 17.6 Å². The highest BCUT2D eigenvalue weighted by Crippen LogP contribution is 2.16. The van der Waals surface area contributed by atoms with E-state index in [1.165, 1.54) is 24.3 Å². The fourth-order valence-corrected chi connectivity index (χ4v) is 3.59. The van der Waals surface area contributed by atoms with E-state index in [9.17, 15) is 17.6 Å². The van der Waals surface area contributed by atoms with Gasteiger partial charge in [-0.1, -0.05) is 12.1 Å². The van der Waals surface area contributed by atoms with Gasteiger partial charge in [0.15, 0.2) is 0 Å². The van der Waals surface area contributed by atoms with Gasteiger partial charge in [-0.25, -0.2) is 17.9 Å². The Labute approximate surface area is 164 Å². The molecule has 0 atom stereocenters. The van der Waals surface area contributed by atoms with Crippen molar-refractivity contribution in [2.75, 3.05) is 37.6 Å². The number of halogens is 1. The molecular weight excluding hydrogens is 383 g/mol. The highest BCUT2D eigenvalue weighted by molar-refractivity contribution is 7.89. The van der Waals surface area contributed by atoms with Gasteiger partial charge in [0, 0.05) is 38.4 Å². The first-order valence-electron chi connectivity index (χ1n) is 8.92. The minimum absolute atomic E-state index is 0.0431. The Bertz CT molecular complexity index is 909. The third-order valence-corrected chi connectivity index (χ3v) is 5.60. The minimum atomic E-state index is -3.71. The van der Waals surface area contributed by atoms with Crippen LogP contribution in [0, 0.1) is 5.82 Å². The zero-order valence-electron chi connectivity index (χ0n) is 15.3. The van der Waals surface area contributed by atoms with Crippen LogP contribution in [0.25, 0.3) is 0 Å². The van der Waals surface area contributed by atoms with Gasteiger partial charge in [-0.3, -0.25) is 9.69 Å². The summed E-state index contributed by atoms with van der Waals surface area (Å²) >= 11 is 0. The van der Waals surface area contributed by atoms with Crippen molar-refractivity contribution in [1.29, 1.82) is 0 Å². The molecule has 9 heteroatoms. The summed E-state index contributed by atoms with van der Waals surface area (Å²) in [6.45, 7) is 3.65. The molecule has 0 aromatic heterocycles. The smallest absolute Gasteiger partial charge is 0.238 e. The number of sulfonamides is 1. The second-order valence-electron chi connectivity index (χ2n) is 6.71. The van der Waals surface area contributed by atoms with Crippen molar-refractivity contribution in [3.63, 3.8) is 0 Å². The molecule has 1 saturated heterocycles. The lowest BCUT2D eigenvalue weighted by atomic mass is 10.2. The summed E-state index contributed by atoms with van der Waals surface area (Å²) in [5.74, 6) is -0.343. The lowest BCUT2D eigenvalue weighted by molar-refractivity contribution is -0.122. The predicted octanol–water partition coefficient (Wildman–Crippen LogP) is 0.911. The first kappa shape index (κ1) is 20.2. The molecule has 2 aromatic carbocycles. The molecule has 3 N–H and O–H groups in total. The minimum Gasteiger partial charge on any atom is -0.369 e. The molecule has 2 aromatic rings. The van der Waals surface area contributed by atoms with E-state index >= 15 is 0 Å². The molecule has 0 bridgehead atoms. The molecule has 3 rings (SSSR count). The molecule has 1 aliphatic rings. The maximum atomic E-state index is 13.0. The summed E-state index contributed by atoms with van der Waals surface area (Å²) in [6.07, 6.45) is 0. The maximum absolute atomic E-state index is 13.0. The lowest BCUT2D eigenvalue weighted by Crippen LogP contribution is -2.49. The van der Waals surface area contributed by atoms with Crippen LogP contribution in [-0.2, 0) is 21.4 Å². The van der Waals surface area contributed by atoms with Gasteiger partial charge in [-0.05, 0) is 42.0 Å². The van der Waals surface area contributed by atoms with Gasteiger partial charge in [0.05, 0.1) is 11.4 Å². The molecule has 150 valence electrons. The highest BCUT2D eigenvalue weighted by atomic mass is 32.2. The highest BCUT2D eigenvalue weighted by Gasteiger charge is 2.19. The average molecular weight is 406 g/mol. The van der Waals surface area contributed by atoms with Crippen LogP contribution in [0.2, 0.25) is 0 Å². The fraction of sp³-hybridized carbons (Fsp3) is 0.316. The summed E-state index contributed by atoms with van der Waals surface area (Å²) in [5, 5.41) is 7.90. The number of hydrogen-bond donors (Lipinski definition) is 2. The van der Waals surface area contributed by atoms with E-state index in [1.54, 1.807) is 24.3 Å². The number of piperazine rings is 1. The zero-order chi connectivity index (χ0) is 20.1. The second-order valence-corrected chi connectivity index (χ2v) is 8.27. The van der Waals surface area contributed by atoms with Crippen LogP contribution in [0.3, 0.4) is 0 Å². The standard InChI is InChI=1S/C19H23FN4O3S/c20-16-3-5-17(6-4-16)24-11-9-23(10-12-24)14-19(25)22-13-15-1-7-18(8-2-15)28(21,26)27/h1-8H,9-14H2,(H,22,25)(H2,21,26,27). The van der Waals surface area contributed by atoms with E-state index < -0.39 is 10.0 Å². The Morgan fingerprint density at radius 2 is 1.61 bits per heavy atom. The monoisotopic (exact) mass is 406 g/mol. The molecule has 28 heavy (non-hydrogen) atoms. The molecule has 1 fully saturated rings. The first-order chi connectivity index (χ1) is 13.3. The molecule has 0 saturated carbocycles. The SMILES string of the molecule is NS(=O)(=O)c1ccc(CNC(=O)CN2CCN(c3ccc(F)cc3)CC2)cc1. The second kappa shape index (κ2) is 8.68. The van der Waals surface area contributed by atoms with E-state index in [1.807, 2.05) is 0 Å². The Balaban J connectivity index is 1.43.